The Hall–Kier alpha value is -1.32. The van der Waals surface area contributed by atoms with Crippen LogP contribution in [0.1, 0.15) is 26.7 Å². The molecule has 1 unspecified atom stereocenters. The van der Waals surface area contributed by atoms with Gasteiger partial charge in [0.25, 0.3) is 0 Å². The number of carbonyl (C=O) groups is 2. The zero-order valence-electron chi connectivity index (χ0n) is 8.53. The van der Waals surface area contributed by atoms with Gasteiger partial charge in [0.05, 0.1) is 6.61 Å². The van der Waals surface area contributed by atoms with Crippen LogP contribution in [0, 0.1) is 0 Å². The van der Waals surface area contributed by atoms with E-state index in [2.05, 4.69) is 0 Å². The fourth-order valence-corrected chi connectivity index (χ4v) is 1.43. The van der Waals surface area contributed by atoms with Gasteiger partial charge < -0.3 is 4.74 Å². The van der Waals surface area contributed by atoms with Crippen LogP contribution >= 0.6 is 0 Å². The fourth-order valence-electron chi connectivity index (χ4n) is 1.43. The number of amides is 1. The molecule has 14 heavy (non-hydrogen) atoms. The van der Waals surface area contributed by atoms with Crippen molar-refractivity contribution >= 4 is 11.9 Å². The van der Waals surface area contributed by atoms with E-state index in [9.17, 15) is 9.59 Å². The average Bonchev–Trinajstić information content (AvgIpc) is 2.17. The van der Waals surface area contributed by atoms with E-state index in [-0.39, 0.29) is 17.9 Å². The summed E-state index contributed by atoms with van der Waals surface area (Å²) in [5.41, 5.74) is 0. The lowest BCUT2D eigenvalue weighted by atomic mass is 10.0. The fraction of sp³-hybridized carbons (Fsp3) is 0.600. The van der Waals surface area contributed by atoms with E-state index >= 15 is 0 Å². The van der Waals surface area contributed by atoms with Crippen molar-refractivity contribution in [1.29, 1.82) is 0 Å². The number of allylic oxidation sites excluding steroid dienone is 1. The molecule has 1 amide bonds. The summed E-state index contributed by atoms with van der Waals surface area (Å²) in [5, 5.41) is 0. The minimum absolute atomic E-state index is 0.0495. The monoisotopic (exact) mass is 197 g/mol. The van der Waals surface area contributed by atoms with Crippen LogP contribution in [0.25, 0.3) is 0 Å². The summed E-state index contributed by atoms with van der Waals surface area (Å²) in [6.07, 6.45) is 3.71. The van der Waals surface area contributed by atoms with Crippen LogP contribution in [-0.2, 0) is 9.53 Å². The summed E-state index contributed by atoms with van der Waals surface area (Å²) < 4.78 is 4.87. The van der Waals surface area contributed by atoms with Crippen molar-refractivity contribution in [3.05, 3.63) is 12.3 Å². The molecule has 0 aromatic heterocycles. The van der Waals surface area contributed by atoms with Gasteiger partial charge in [0.1, 0.15) is 0 Å². The van der Waals surface area contributed by atoms with E-state index in [1.807, 2.05) is 6.92 Å². The number of ether oxygens (including phenoxy) is 1. The maximum absolute atomic E-state index is 11.4. The molecule has 0 saturated carbocycles. The highest BCUT2D eigenvalue weighted by molar-refractivity contribution is 5.92. The van der Waals surface area contributed by atoms with Crippen molar-refractivity contribution in [2.75, 3.05) is 6.61 Å². The van der Waals surface area contributed by atoms with Crippen LogP contribution in [0.2, 0.25) is 0 Å². The van der Waals surface area contributed by atoms with Gasteiger partial charge in [0.2, 0.25) is 0 Å². The molecule has 1 aliphatic heterocycles. The SMILES string of the molecule is CCOC(=O)N1C=CC(=O)CC1CC. The lowest BCUT2D eigenvalue weighted by Gasteiger charge is -2.28. The summed E-state index contributed by atoms with van der Waals surface area (Å²) in [6.45, 7) is 4.06. The smallest absolute Gasteiger partial charge is 0.414 e. The number of rotatable bonds is 2. The van der Waals surface area contributed by atoms with Gasteiger partial charge >= 0.3 is 6.09 Å². The molecule has 0 aromatic carbocycles. The Balaban J connectivity index is 2.70. The molecule has 1 aliphatic rings. The molecule has 0 aromatic rings. The number of carbonyl (C=O) groups excluding carboxylic acids is 2. The Bertz CT molecular complexity index is 260. The Labute approximate surface area is 83.5 Å². The Morgan fingerprint density at radius 3 is 2.93 bits per heavy atom. The van der Waals surface area contributed by atoms with Gasteiger partial charge in [-0.25, -0.2) is 4.79 Å². The molecule has 0 spiro atoms. The highest BCUT2D eigenvalue weighted by Gasteiger charge is 2.26. The number of hydrogen-bond donors (Lipinski definition) is 0. The summed E-state index contributed by atoms with van der Waals surface area (Å²) in [4.78, 5) is 24.0. The zero-order chi connectivity index (χ0) is 10.6. The van der Waals surface area contributed by atoms with Crippen LogP contribution in [0.5, 0.6) is 0 Å². The first-order valence-electron chi connectivity index (χ1n) is 4.85. The minimum Gasteiger partial charge on any atom is -0.449 e. The maximum atomic E-state index is 11.4. The highest BCUT2D eigenvalue weighted by atomic mass is 16.6. The first-order chi connectivity index (χ1) is 6.69. The van der Waals surface area contributed by atoms with E-state index in [4.69, 9.17) is 4.74 Å². The first kappa shape index (κ1) is 10.8. The maximum Gasteiger partial charge on any atom is 0.414 e. The molecule has 1 rings (SSSR count). The summed E-state index contributed by atoms with van der Waals surface area (Å²) in [7, 11) is 0. The first-order valence-corrected chi connectivity index (χ1v) is 4.85. The molecule has 4 heteroatoms. The molecule has 0 bridgehead atoms. The molecule has 0 N–H and O–H groups in total. The third-order valence-corrected chi connectivity index (χ3v) is 2.20. The average molecular weight is 197 g/mol. The molecule has 78 valence electrons. The van der Waals surface area contributed by atoms with Gasteiger partial charge in [-0.1, -0.05) is 6.92 Å². The molecule has 0 fully saturated rings. The van der Waals surface area contributed by atoms with Gasteiger partial charge in [0, 0.05) is 18.7 Å². The molecular weight excluding hydrogens is 182 g/mol. The second-order valence-electron chi connectivity index (χ2n) is 3.15. The van der Waals surface area contributed by atoms with Crippen molar-refractivity contribution in [2.45, 2.75) is 32.7 Å². The number of ketones is 1. The van der Waals surface area contributed by atoms with Gasteiger partial charge in [-0.15, -0.1) is 0 Å². The Morgan fingerprint density at radius 1 is 1.64 bits per heavy atom. The zero-order valence-corrected chi connectivity index (χ0v) is 8.53. The summed E-state index contributed by atoms with van der Waals surface area (Å²) in [5.74, 6) is 0.0670. The van der Waals surface area contributed by atoms with E-state index in [0.29, 0.717) is 13.0 Å². The summed E-state index contributed by atoms with van der Waals surface area (Å²) in [6, 6.07) is -0.0495. The van der Waals surface area contributed by atoms with Crippen molar-refractivity contribution in [1.82, 2.24) is 4.90 Å². The van der Waals surface area contributed by atoms with Crippen LogP contribution in [0.3, 0.4) is 0 Å². The standard InChI is InChI=1S/C10H15NO3/c1-3-8-7-9(12)5-6-11(8)10(13)14-4-2/h5-6,8H,3-4,7H2,1-2H3. The van der Waals surface area contributed by atoms with Gasteiger partial charge in [0.15, 0.2) is 5.78 Å². The van der Waals surface area contributed by atoms with Crippen LogP contribution in [0.15, 0.2) is 12.3 Å². The van der Waals surface area contributed by atoms with Crippen LogP contribution < -0.4 is 0 Å². The second kappa shape index (κ2) is 4.79. The van der Waals surface area contributed by atoms with E-state index in [1.54, 1.807) is 6.92 Å². The predicted octanol–water partition coefficient (Wildman–Crippen LogP) is 1.71. The molecule has 1 heterocycles. The van der Waals surface area contributed by atoms with E-state index < -0.39 is 0 Å². The summed E-state index contributed by atoms with van der Waals surface area (Å²) >= 11 is 0. The molecule has 0 aliphatic carbocycles. The quantitative estimate of drug-likeness (QED) is 0.677. The lowest BCUT2D eigenvalue weighted by molar-refractivity contribution is -0.116. The minimum atomic E-state index is -0.372. The van der Waals surface area contributed by atoms with Crippen LogP contribution in [0.4, 0.5) is 4.79 Å². The van der Waals surface area contributed by atoms with Gasteiger partial charge in [-0.3, -0.25) is 9.69 Å². The van der Waals surface area contributed by atoms with E-state index in [1.165, 1.54) is 17.2 Å². The lowest BCUT2D eigenvalue weighted by Crippen LogP contribution is -2.40. The highest BCUT2D eigenvalue weighted by Crippen LogP contribution is 2.16. The molecule has 1 atom stereocenters. The molecule has 0 radical (unpaired) electrons. The Kier molecular flexibility index (Phi) is 3.68. The van der Waals surface area contributed by atoms with Crippen molar-refractivity contribution in [3.8, 4) is 0 Å². The van der Waals surface area contributed by atoms with Crippen molar-refractivity contribution in [2.24, 2.45) is 0 Å². The van der Waals surface area contributed by atoms with Crippen molar-refractivity contribution in [3.63, 3.8) is 0 Å². The normalized spacial score (nSPS) is 21.1. The van der Waals surface area contributed by atoms with Gasteiger partial charge in [-0.05, 0) is 19.4 Å². The van der Waals surface area contributed by atoms with Crippen LogP contribution in [-0.4, -0.2) is 29.4 Å². The van der Waals surface area contributed by atoms with E-state index in [0.717, 1.165) is 6.42 Å². The van der Waals surface area contributed by atoms with Crippen molar-refractivity contribution < 1.29 is 14.3 Å². The topological polar surface area (TPSA) is 46.6 Å². The predicted molar refractivity (Wildman–Crippen MR) is 51.7 cm³/mol. The molecule has 4 nitrogen and oxygen atoms in total. The van der Waals surface area contributed by atoms with Gasteiger partial charge in [-0.2, -0.15) is 0 Å². The number of nitrogens with zero attached hydrogens (tertiary/aromatic N) is 1. The molecular formula is C10H15NO3. The number of hydrogen-bond acceptors (Lipinski definition) is 3. The molecule has 0 saturated heterocycles. The Morgan fingerprint density at radius 2 is 2.36 bits per heavy atom. The second-order valence-corrected chi connectivity index (χ2v) is 3.15. The third kappa shape index (κ3) is 2.34. The third-order valence-electron chi connectivity index (χ3n) is 2.20. The largest absolute Gasteiger partial charge is 0.449 e.